The van der Waals surface area contributed by atoms with E-state index in [0.717, 1.165) is 0 Å². The van der Waals surface area contributed by atoms with Crippen molar-refractivity contribution in [2.45, 2.75) is 0 Å². The van der Waals surface area contributed by atoms with Gasteiger partial charge in [-0.1, -0.05) is 6.58 Å². The second kappa shape index (κ2) is 16.2. The zero-order valence-electron chi connectivity index (χ0n) is 14.7. The first-order chi connectivity index (χ1) is 11.2. The molecule has 0 aliphatic carbocycles. The fourth-order valence-corrected chi connectivity index (χ4v) is 1.78. The van der Waals surface area contributed by atoms with E-state index in [0.29, 0.717) is 66.1 Å². The van der Waals surface area contributed by atoms with Crippen LogP contribution in [-0.4, -0.2) is 87.4 Å². The van der Waals surface area contributed by atoms with Crippen LogP contribution in [0.1, 0.15) is 0 Å². The van der Waals surface area contributed by atoms with Gasteiger partial charge in [-0.05, 0) is 0 Å². The second-order valence-corrected chi connectivity index (χ2v) is 5.11. The summed E-state index contributed by atoms with van der Waals surface area (Å²) in [5.74, 6) is 0. The minimum atomic E-state index is -0.427. The third kappa shape index (κ3) is 12.4. The molecule has 0 N–H and O–H groups in total. The third-order valence-electron chi connectivity index (χ3n) is 3.03. The van der Waals surface area contributed by atoms with E-state index in [4.69, 9.17) is 33.2 Å². The summed E-state index contributed by atoms with van der Waals surface area (Å²) in [6.45, 7) is 8.40. The highest BCUT2D eigenvalue weighted by Gasteiger charge is 2.32. The first-order valence-corrected chi connectivity index (χ1v) is 7.67. The minimum absolute atomic E-state index is 0.392. The van der Waals surface area contributed by atoms with Crippen LogP contribution >= 0.6 is 0 Å². The standard InChI is InChI=1S/C16H32O7/c1-5-20-12-16(13-21-9-6-17-2,14-22-10-7-18-3)15-23-11-8-19-4/h5H,1,6-15H2,2-4H3. The van der Waals surface area contributed by atoms with Gasteiger partial charge in [0, 0.05) is 21.3 Å². The molecule has 0 aliphatic heterocycles. The van der Waals surface area contributed by atoms with Crippen LogP contribution in [-0.2, 0) is 33.2 Å². The first kappa shape index (κ1) is 22.3. The van der Waals surface area contributed by atoms with Crippen molar-refractivity contribution in [3.05, 3.63) is 12.8 Å². The highest BCUT2D eigenvalue weighted by atomic mass is 16.5. The quantitative estimate of drug-likeness (QED) is 0.274. The van der Waals surface area contributed by atoms with Gasteiger partial charge in [0.15, 0.2) is 0 Å². The smallest absolute Gasteiger partial charge is 0.0995 e. The molecule has 0 amide bonds. The van der Waals surface area contributed by atoms with Gasteiger partial charge in [-0.25, -0.2) is 0 Å². The highest BCUT2D eigenvalue weighted by molar-refractivity contribution is 4.80. The molecule has 7 heteroatoms. The van der Waals surface area contributed by atoms with Crippen LogP contribution in [0.4, 0.5) is 0 Å². The molecule has 23 heavy (non-hydrogen) atoms. The zero-order chi connectivity index (χ0) is 17.2. The average Bonchev–Trinajstić information content (AvgIpc) is 2.57. The summed E-state index contributed by atoms with van der Waals surface area (Å²) in [5.41, 5.74) is -0.427. The summed E-state index contributed by atoms with van der Waals surface area (Å²) in [4.78, 5) is 0. The van der Waals surface area contributed by atoms with Crippen LogP contribution in [0.15, 0.2) is 12.8 Å². The molecule has 0 bridgehead atoms. The van der Waals surface area contributed by atoms with Gasteiger partial charge in [0.25, 0.3) is 0 Å². The Balaban J connectivity index is 4.54. The normalized spacial score (nSPS) is 11.6. The van der Waals surface area contributed by atoms with Gasteiger partial charge in [0.05, 0.1) is 77.7 Å². The largest absolute Gasteiger partial charge is 0.501 e. The zero-order valence-corrected chi connectivity index (χ0v) is 14.7. The summed E-state index contributed by atoms with van der Waals surface area (Å²) in [5, 5.41) is 0. The predicted octanol–water partition coefficient (Wildman–Crippen LogP) is 1.12. The van der Waals surface area contributed by atoms with Crippen molar-refractivity contribution in [2.24, 2.45) is 5.41 Å². The molecule has 0 saturated carbocycles. The van der Waals surface area contributed by atoms with E-state index < -0.39 is 5.41 Å². The predicted molar refractivity (Wildman–Crippen MR) is 86.7 cm³/mol. The third-order valence-corrected chi connectivity index (χ3v) is 3.03. The summed E-state index contributed by atoms with van der Waals surface area (Å²) < 4.78 is 37.5. The average molecular weight is 336 g/mol. The van der Waals surface area contributed by atoms with Gasteiger partial charge in [0.1, 0.15) is 0 Å². The fraction of sp³-hybridized carbons (Fsp3) is 0.875. The molecule has 0 heterocycles. The van der Waals surface area contributed by atoms with Crippen molar-refractivity contribution in [1.29, 1.82) is 0 Å². The van der Waals surface area contributed by atoms with Gasteiger partial charge in [0.2, 0.25) is 0 Å². The van der Waals surface area contributed by atoms with Gasteiger partial charge in [-0.15, -0.1) is 0 Å². The lowest BCUT2D eigenvalue weighted by Gasteiger charge is -2.32. The maximum atomic E-state index is 5.69. The van der Waals surface area contributed by atoms with E-state index in [9.17, 15) is 0 Å². The second-order valence-electron chi connectivity index (χ2n) is 5.11. The Morgan fingerprint density at radius 1 is 0.652 bits per heavy atom. The van der Waals surface area contributed by atoms with Crippen molar-refractivity contribution >= 4 is 0 Å². The van der Waals surface area contributed by atoms with Crippen LogP contribution in [0.3, 0.4) is 0 Å². The maximum Gasteiger partial charge on any atom is 0.0995 e. The SMILES string of the molecule is C=COCC(COCCOC)(COCCOC)COCCOC. The van der Waals surface area contributed by atoms with Crippen molar-refractivity contribution in [2.75, 3.05) is 87.4 Å². The van der Waals surface area contributed by atoms with Crippen molar-refractivity contribution in [3.8, 4) is 0 Å². The van der Waals surface area contributed by atoms with E-state index in [1.165, 1.54) is 6.26 Å². The molecule has 0 fully saturated rings. The van der Waals surface area contributed by atoms with E-state index >= 15 is 0 Å². The number of methoxy groups -OCH3 is 3. The molecule has 0 unspecified atom stereocenters. The molecule has 0 spiro atoms. The lowest BCUT2D eigenvalue weighted by Crippen LogP contribution is -2.42. The first-order valence-electron chi connectivity index (χ1n) is 7.67. The monoisotopic (exact) mass is 336 g/mol. The summed E-state index contributed by atoms with van der Waals surface area (Å²) in [6, 6.07) is 0. The molecule has 0 aliphatic rings. The van der Waals surface area contributed by atoms with Crippen molar-refractivity contribution in [1.82, 2.24) is 0 Å². The van der Waals surface area contributed by atoms with Crippen LogP contribution < -0.4 is 0 Å². The van der Waals surface area contributed by atoms with E-state index in [2.05, 4.69) is 6.58 Å². The lowest BCUT2D eigenvalue weighted by atomic mass is 9.92. The molecular weight excluding hydrogens is 304 g/mol. The van der Waals surface area contributed by atoms with Crippen LogP contribution in [0, 0.1) is 5.41 Å². The van der Waals surface area contributed by atoms with Crippen molar-refractivity contribution in [3.63, 3.8) is 0 Å². The van der Waals surface area contributed by atoms with E-state index in [1.54, 1.807) is 21.3 Å². The molecule has 0 radical (unpaired) electrons. The number of hydrogen-bond donors (Lipinski definition) is 0. The Bertz CT molecular complexity index is 230. The molecule has 138 valence electrons. The molecule has 0 aromatic heterocycles. The summed E-state index contributed by atoms with van der Waals surface area (Å²) in [7, 11) is 4.91. The molecule has 0 rings (SSSR count). The Morgan fingerprint density at radius 2 is 1.04 bits per heavy atom. The maximum absolute atomic E-state index is 5.69. The van der Waals surface area contributed by atoms with Gasteiger partial charge >= 0.3 is 0 Å². The Kier molecular flexibility index (Phi) is 15.7. The molecule has 0 aromatic rings. The molecule has 7 nitrogen and oxygen atoms in total. The molecular formula is C16H32O7. The molecule has 0 aromatic carbocycles. The van der Waals surface area contributed by atoms with E-state index in [1.807, 2.05) is 0 Å². The lowest BCUT2D eigenvalue weighted by molar-refractivity contribution is -0.105. The fourth-order valence-electron chi connectivity index (χ4n) is 1.78. The van der Waals surface area contributed by atoms with E-state index in [-0.39, 0.29) is 0 Å². The minimum Gasteiger partial charge on any atom is -0.501 e. The Labute approximate surface area is 139 Å². The highest BCUT2D eigenvalue weighted by Crippen LogP contribution is 2.21. The number of hydrogen-bond acceptors (Lipinski definition) is 7. The Hall–Kier alpha value is -0.700. The molecule has 0 saturated heterocycles. The summed E-state index contributed by atoms with van der Waals surface area (Å²) in [6.07, 6.45) is 1.41. The van der Waals surface area contributed by atoms with Gasteiger partial charge < -0.3 is 33.2 Å². The number of rotatable bonds is 18. The van der Waals surface area contributed by atoms with Crippen LogP contribution in [0.25, 0.3) is 0 Å². The molecule has 0 atom stereocenters. The topological polar surface area (TPSA) is 64.6 Å². The summed E-state index contributed by atoms with van der Waals surface area (Å²) >= 11 is 0. The van der Waals surface area contributed by atoms with Crippen LogP contribution in [0.5, 0.6) is 0 Å². The van der Waals surface area contributed by atoms with Crippen LogP contribution in [0.2, 0.25) is 0 Å². The van der Waals surface area contributed by atoms with Crippen molar-refractivity contribution < 1.29 is 33.2 Å². The number of ether oxygens (including phenoxy) is 7. The van der Waals surface area contributed by atoms with Gasteiger partial charge in [-0.2, -0.15) is 0 Å². The van der Waals surface area contributed by atoms with Gasteiger partial charge in [-0.3, -0.25) is 0 Å². The Morgan fingerprint density at radius 3 is 1.35 bits per heavy atom.